The summed E-state index contributed by atoms with van der Waals surface area (Å²) in [6.45, 7) is 9.86. The highest BCUT2D eigenvalue weighted by Crippen LogP contribution is 2.24. The van der Waals surface area contributed by atoms with Crippen LogP contribution in [-0.4, -0.2) is 26.2 Å². The van der Waals surface area contributed by atoms with Crippen molar-refractivity contribution in [2.24, 2.45) is 0 Å². The molecule has 0 aliphatic rings. The second-order valence-electron chi connectivity index (χ2n) is 6.38. The van der Waals surface area contributed by atoms with E-state index in [-0.39, 0.29) is 6.10 Å². The summed E-state index contributed by atoms with van der Waals surface area (Å²) >= 11 is 0. The Morgan fingerprint density at radius 3 is 2.56 bits per heavy atom. The molecule has 3 aromatic rings. The lowest BCUT2D eigenvalue weighted by atomic mass is 9.99. The summed E-state index contributed by atoms with van der Waals surface area (Å²) in [5.41, 5.74) is 5.21. The van der Waals surface area contributed by atoms with Crippen LogP contribution < -0.4 is 4.74 Å². The van der Waals surface area contributed by atoms with Crippen LogP contribution in [0.15, 0.2) is 29.0 Å². The normalized spacial score (nSPS) is 11.1. The molecule has 130 valence electrons. The lowest BCUT2D eigenvalue weighted by Crippen LogP contribution is -2.10. The monoisotopic (exact) mass is 338 g/mol. The smallest absolute Gasteiger partial charge is 0.257 e. The van der Waals surface area contributed by atoms with Gasteiger partial charge < -0.3 is 9.26 Å². The van der Waals surface area contributed by atoms with E-state index >= 15 is 0 Å². The van der Waals surface area contributed by atoms with Crippen LogP contribution >= 0.6 is 0 Å². The van der Waals surface area contributed by atoms with Crippen molar-refractivity contribution in [3.05, 3.63) is 52.7 Å². The predicted molar refractivity (Wildman–Crippen MR) is 94.5 cm³/mol. The molecule has 0 aliphatic carbocycles. The average molecular weight is 338 g/mol. The number of aryl methyl sites for hydroxylation is 2. The predicted octanol–water partition coefficient (Wildman–Crippen LogP) is 3.83. The Kier molecular flexibility index (Phi) is 4.79. The molecule has 0 spiro atoms. The van der Waals surface area contributed by atoms with Crippen molar-refractivity contribution < 1.29 is 9.26 Å². The molecule has 0 bridgehead atoms. The molecule has 0 atom stereocenters. The van der Waals surface area contributed by atoms with Gasteiger partial charge in [0.2, 0.25) is 5.88 Å². The minimum Gasteiger partial charge on any atom is -0.475 e. The molecule has 0 saturated heterocycles. The van der Waals surface area contributed by atoms with E-state index in [4.69, 9.17) is 9.26 Å². The Bertz CT molecular complexity index is 887. The molecule has 2 heterocycles. The second-order valence-corrected chi connectivity index (χ2v) is 6.38. The molecular weight excluding hydrogens is 316 g/mol. The van der Waals surface area contributed by atoms with Crippen molar-refractivity contribution in [2.75, 3.05) is 0 Å². The minimum atomic E-state index is 0.0836. The third kappa shape index (κ3) is 3.84. The van der Waals surface area contributed by atoms with Crippen LogP contribution in [0.2, 0.25) is 0 Å². The molecule has 0 aliphatic heterocycles. The Balaban J connectivity index is 1.86. The molecule has 3 rings (SSSR count). The Morgan fingerprint density at radius 1 is 1.12 bits per heavy atom. The number of rotatable bonds is 5. The lowest BCUT2D eigenvalue weighted by molar-refractivity contribution is 0.230. The van der Waals surface area contributed by atoms with Crippen molar-refractivity contribution in [1.29, 1.82) is 0 Å². The van der Waals surface area contributed by atoms with Crippen molar-refractivity contribution >= 4 is 0 Å². The maximum absolute atomic E-state index is 5.75. The molecule has 6 heteroatoms. The van der Waals surface area contributed by atoms with Gasteiger partial charge in [-0.2, -0.15) is 4.98 Å². The van der Waals surface area contributed by atoms with E-state index < -0.39 is 0 Å². The SMILES string of the molecule is Cc1noc(-c2ccc(Cc3ncnc(OC(C)C)c3C)c(C)c2)n1. The Morgan fingerprint density at radius 2 is 1.92 bits per heavy atom. The van der Waals surface area contributed by atoms with Gasteiger partial charge in [-0.25, -0.2) is 9.97 Å². The van der Waals surface area contributed by atoms with Gasteiger partial charge in [0.1, 0.15) is 6.33 Å². The zero-order valence-electron chi connectivity index (χ0n) is 15.2. The molecule has 2 aromatic heterocycles. The Hall–Kier alpha value is -2.76. The van der Waals surface area contributed by atoms with Crippen LogP contribution in [0.3, 0.4) is 0 Å². The maximum atomic E-state index is 5.75. The van der Waals surface area contributed by atoms with Gasteiger partial charge in [0.15, 0.2) is 5.82 Å². The van der Waals surface area contributed by atoms with Gasteiger partial charge in [0.05, 0.1) is 11.8 Å². The summed E-state index contributed by atoms with van der Waals surface area (Å²) in [5.74, 6) is 1.82. The highest BCUT2D eigenvalue weighted by molar-refractivity contribution is 5.56. The van der Waals surface area contributed by atoms with E-state index in [1.54, 1.807) is 6.33 Å². The number of benzene rings is 1. The van der Waals surface area contributed by atoms with Gasteiger partial charge in [-0.3, -0.25) is 0 Å². The number of aromatic nitrogens is 4. The topological polar surface area (TPSA) is 73.9 Å². The molecule has 1 aromatic carbocycles. The standard InChI is InChI=1S/C19H22N4O2/c1-11(2)24-18-13(4)17(20-10-21-18)9-15-6-7-16(8-12(15)3)19-22-14(5)23-25-19/h6-8,10-11H,9H2,1-5H3. The molecular formula is C19H22N4O2. The van der Waals surface area contributed by atoms with Crippen LogP contribution in [0.1, 0.15) is 42.1 Å². The van der Waals surface area contributed by atoms with Crippen molar-refractivity contribution in [3.8, 4) is 17.3 Å². The highest BCUT2D eigenvalue weighted by atomic mass is 16.5. The summed E-state index contributed by atoms with van der Waals surface area (Å²) in [4.78, 5) is 12.9. The average Bonchev–Trinajstić information content (AvgIpc) is 2.99. The van der Waals surface area contributed by atoms with Crippen molar-refractivity contribution in [3.63, 3.8) is 0 Å². The van der Waals surface area contributed by atoms with E-state index in [2.05, 4.69) is 39.2 Å². The van der Waals surface area contributed by atoms with Gasteiger partial charge in [-0.1, -0.05) is 11.2 Å². The quantitative estimate of drug-likeness (QED) is 0.704. The second kappa shape index (κ2) is 7.01. The van der Waals surface area contributed by atoms with E-state index in [0.29, 0.717) is 17.6 Å². The summed E-state index contributed by atoms with van der Waals surface area (Å²) < 4.78 is 11.0. The highest BCUT2D eigenvalue weighted by Gasteiger charge is 2.13. The van der Waals surface area contributed by atoms with Crippen LogP contribution in [-0.2, 0) is 6.42 Å². The minimum absolute atomic E-state index is 0.0836. The molecule has 0 saturated carbocycles. The van der Waals surface area contributed by atoms with Crippen molar-refractivity contribution in [1.82, 2.24) is 20.1 Å². The third-order valence-corrected chi connectivity index (χ3v) is 3.96. The fourth-order valence-corrected chi connectivity index (χ4v) is 2.61. The third-order valence-electron chi connectivity index (χ3n) is 3.96. The molecule has 0 N–H and O–H groups in total. The summed E-state index contributed by atoms with van der Waals surface area (Å²) in [6, 6.07) is 6.14. The van der Waals surface area contributed by atoms with Crippen LogP contribution in [0.5, 0.6) is 5.88 Å². The van der Waals surface area contributed by atoms with Gasteiger partial charge >= 0.3 is 0 Å². The first kappa shape index (κ1) is 17.1. The van der Waals surface area contributed by atoms with E-state index in [9.17, 15) is 0 Å². The lowest BCUT2D eigenvalue weighted by Gasteiger charge is -2.14. The summed E-state index contributed by atoms with van der Waals surface area (Å²) in [7, 11) is 0. The molecule has 25 heavy (non-hydrogen) atoms. The fraction of sp³-hybridized carbons (Fsp3) is 0.368. The summed E-state index contributed by atoms with van der Waals surface area (Å²) in [6.07, 6.45) is 2.36. The number of hydrogen-bond donors (Lipinski definition) is 0. The Labute approximate surface area is 147 Å². The molecule has 0 radical (unpaired) electrons. The zero-order valence-corrected chi connectivity index (χ0v) is 15.2. The maximum Gasteiger partial charge on any atom is 0.257 e. The van der Waals surface area contributed by atoms with Gasteiger partial charge in [0, 0.05) is 17.5 Å². The first-order valence-electron chi connectivity index (χ1n) is 8.31. The molecule has 0 unspecified atom stereocenters. The number of nitrogens with zero attached hydrogens (tertiary/aromatic N) is 4. The summed E-state index contributed by atoms with van der Waals surface area (Å²) in [5, 5.41) is 3.84. The van der Waals surface area contributed by atoms with Crippen LogP contribution in [0.4, 0.5) is 0 Å². The largest absolute Gasteiger partial charge is 0.475 e. The van der Waals surface area contributed by atoms with Gasteiger partial charge in [-0.05, 0) is 57.9 Å². The number of ether oxygens (including phenoxy) is 1. The first-order chi connectivity index (χ1) is 11.9. The van der Waals surface area contributed by atoms with Crippen LogP contribution in [0.25, 0.3) is 11.5 Å². The molecule has 6 nitrogen and oxygen atoms in total. The number of hydrogen-bond acceptors (Lipinski definition) is 6. The first-order valence-corrected chi connectivity index (χ1v) is 8.31. The van der Waals surface area contributed by atoms with E-state index in [1.807, 2.05) is 33.8 Å². The van der Waals surface area contributed by atoms with E-state index in [1.165, 1.54) is 5.56 Å². The fourth-order valence-electron chi connectivity index (χ4n) is 2.61. The molecule has 0 amide bonds. The molecule has 0 fully saturated rings. The van der Waals surface area contributed by atoms with Gasteiger partial charge in [0.25, 0.3) is 5.89 Å². The van der Waals surface area contributed by atoms with Gasteiger partial charge in [-0.15, -0.1) is 0 Å². The van der Waals surface area contributed by atoms with Crippen LogP contribution in [0, 0.1) is 20.8 Å². The van der Waals surface area contributed by atoms with Crippen molar-refractivity contribution in [2.45, 2.75) is 47.1 Å². The van der Waals surface area contributed by atoms with E-state index in [0.717, 1.165) is 28.8 Å². The zero-order chi connectivity index (χ0) is 18.0.